The van der Waals surface area contributed by atoms with E-state index in [2.05, 4.69) is 31.9 Å². The predicted octanol–water partition coefficient (Wildman–Crippen LogP) is 5.25. The van der Waals surface area contributed by atoms with Crippen LogP contribution in [0.15, 0.2) is 51.5 Å². The smallest absolute Gasteiger partial charge is 0.167 e. The van der Waals surface area contributed by atoms with E-state index in [9.17, 15) is 4.79 Å². The van der Waals surface area contributed by atoms with E-state index in [1.54, 1.807) is 0 Å². The molecule has 0 aliphatic carbocycles. The fourth-order valence-corrected chi connectivity index (χ4v) is 3.16. The number of aldehydes is 1. The van der Waals surface area contributed by atoms with Gasteiger partial charge in [-0.15, -0.1) is 0 Å². The van der Waals surface area contributed by atoms with Crippen molar-refractivity contribution in [2.24, 2.45) is 0 Å². The summed E-state index contributed by atoms with van der Waals surface area (Å²) in [6.45, 7) is 2.02. The third-order valence-electron chi connectivity index (χ3n) is 3.29. The van der Waals surface area contributed by atoms with E-state index in [4.69, 9.17) is 0 Å². The molecule has 0 saturated heterocycles. The van der Waals surface area contributed by atoms with Crippen molar-refractivity contribution in [3.63, 3.8) is 0 Å². The minimum atomic E-state index is 0.669. The summed E-state index contributed by atoms with van der Waals surface area (Å²) in [5, 5.41) is 0. The van der Waals surface area contributed by atoms with E-state index >= 15 is 0 Å². The number of fused-ring (bicyclic) bond motifs is 1. The molecule has 0 radical (unpaired) electrons. The third-order valence-corrected chi connectivity index (χ3v) is 4.47. The van der Waals surface area contributed by atoms with Crippen LogP contribution in [0.2, 0.25) is 0 Å². The highest BCUT2D eigenvalue weighted by atomic mass is 79.9. The lowest BCUT2D eigenvalue weighted by Crippen LogP contribution is -1.93. The van der Waals surface area contributed by atoms with Crippen molar-refractivity contribution in [1.82, 2.24) is 4.40 Å². The molecule has 1 aromatic carbocycles. The number of carbonyl (C=O) groups excluding carboxylic acids is 1. The number of rotatable bonds is 2. The molecule has 0 bridgehead atoms. The Morgan fingerprint density at radius 1 is 1.05 bits per heavy atom. The van der Waals surface area contributed by atoms with Crippen LogP contribution in [-0.2, 0) is 0 Å². The molecule has 3 rings (SSSR count). The Labute approximate surface area is 133 Å². The number of hydrogen-bond acceptors (Lipinski definition) is 1. The highest BCUT2D eigenvalue weighted by molar-refractivity contribution is 9.11. The number of hydrogen-bond donors (Lipinski definition) is 0. The Bertz CT molecular complexity index is 821. The summed E-state index contributed by atoms with van der Waals surface area (Å²) in [5.74, 6) is 0. The molecule has 2 aromatic heterocycles. The van der Waals surface area contributed by atoms with E-state index < -0.39 is 0 Å². The highest BCUT2D eigenvalue weighted by Gasteiger charge is 2.14. The van der Waals surface area contributed by atoms with Crippen LogP contribution in [0.4, 0.5) is 0 Å². The summed E-state index contributed by atoms with van der Waals surface area (Å²) in [6, 6.07) is 12.1. The van der Waals surface area contributed by atoms with Gasteiger partial charge in [0.25, 0.3) is 0 Å². The monoisotopic (exact) mass is 391 g/mol. The quantitative estimate of drug-likeness (QED) is 0.545. The van der Waals surface area contributed by atoms with E-state index in [1.165, 1.54) is 0 Å². The molecule has 20 heavy (non-hydrogen) atoms. The number of carbonyl (C=O) groups is 1. The molecule has 0 aliphatic heterocycles. The van der Waals surface area contributed by atoms with Gasteiger partial charge >= 0.3 is 0 Å². The highest BCUT2D eigenvalue weighted by Crippen LogP contribution is 2.34. The fourth-order valence-electron chi connectivity index (χ4n) is 2.34. The molecule has 0 fully saturated rings. The molecular weight excluding hydrogens is 382 g/mol. The number of pyridine rings is 1. The zero-order valence-electron chi connectivity index (χ0n) is 10.7. The van der Waals surface area contributed by atoms with E-state index in [1.807, 2.05) is 53.9 Å². The van der Waals surface area contributed by atoms with Crippen LogP contribution in [0.3, 0.4) is 0 Å². The van der Waals surface area contributed by atoms with Crippen molar-refractivity contribution in [3.8, 4) is 11.1 Å². The molecular formula is C16H11Br2NO. The van der Waals surface area contributed by atoms with E-state index in [0.29, 0.717) is 5.69 Å². The van der Waals surface area contributed by atoms with Crippen LogP contribution in [-0.4, -0.2) is 10.7 Å². The zero-order valence-corrected chi connectivity index (χ0v) is 13.9. The van der Waals surface area contributed by atoms with Crippen LogP contribution in [0.1, 0.15) is 16.1 Å². The molecule has 100 valence electrons. The molecule has 0 N–H and O–H groups in total. The average Bonchev–Trinajstić information content (AvgIpc) is 2.79. The second kappa shape index (κ2) is 5.19. The van der Waals surface area contributed by atoms with Crippen LogP contribution in [0, 0.1) is 6.92 Å². The van der Waals surface area contributed by atoms with Crippen molar-refractivity contribution < 1.29 is 4.79 Å². The molecule has 3 aromatic rings. The lowest BCUT2D eigenvalue weighted by Gasteiger charge is -2.05. The van der Waals surface area contributed by atoms with Gasteiger partial charge in [0.15, 0.2) is 6.29 Å². The topological polar surface area (TPSA) is 21.5 Å². The van der Waals surface area contributed by atoms with Crippen molar-refractivity contribution in [1.29, 1.82) is 0 Å². The summed E-state index contributed by atoms with van der Waals surface area (Å²) in [7, 11) is 0. The molecule has 0 unspecified atom stereocenters. The lowest BCUT2D eigenvalue weighted by atomic mass is 10.1. The molecule has 2 heterocycles. The summed E-state index contributed by atoms with van der Waals surface area (Å²) in [5.41, 5.74) is 4.74. The molecule has 0 atom stereocenters. The van der Waals surface area contributed by atoms with Gasteiger partial charge in [0.2, 0.25) is 0 Å². The van der Waals surface area contributed by atoms with Gasteiger partial charge in [0, 0.05) is 26.2 Å². The maximum Gasteiger partial charge on any atom is 0.167 e. The normalized spacial score (nSPS) is 10.9. The number of aromatic nitrogens is 1. The fraction of sp³-hybridized carbons (Fsp3) is 0.0625. The van der Waals surface area contributed by atoms with Gasteiger partial charge in [-0.3, -0.25) is 4.79 Å². The summed E-state index contributed by atoms with van der Waals surface area (Å²) in [6.07, 6.45) is 2.89. The number of halogens is 2. The standard InChI is InChI=1S/C16H11Br2NO/c1-10-2-4-12-7-14(16(9-20)19(12)8-10)13-6-11(17)3-5-15(13)18/h2-9H,1H3. The summed E-state index contributed by atoms with van der Waals surface area (Å²) < 4.78 is 3.89. The first-order valence-electron chi connectivity index (χ1n) is 6.12. The second-order valence-electron chi connectivity index (χ2n) is 4.69. The molecule has 0 saturated carbocycles. The van der Waals surface area contributed by atoms with Gasteiger partial charge in [-0.1, -0.05) is 37.9 Å². The minimum Gasteiger partial charge on any atom is -0.313 e. The first kappa shape index (κ1) is 13.6. The van der Waals surface area contributed by atoms with Gasteiger partial charge < -0.3 is 4.40 Å². The Morgan fingerprint density at radius 3 is 2.60 bits per heavy atom. The Kier molecular flexibility index (Phi) is 3.52. The van der Waals surface area contributed by atoms with E-state index in [0.717, 1.165) is 37.4 Å². The second-order valence-corrected chi connectivity index (χ2v) is 6.46. The average molecular weight is 393 g/mol. The predicted molar refractivity (Wildman–Crippen MR) is 88.4 cm³/mol. The Balaban J connectivity index is 2.36. The summed E-state index contributed by atoms with van der Waals surface area (Å²) in [4.78, 5) is 11.5. The van der Waals surface area contributed by atoms with Gasteiger partial charge in [0.1, 0.15) is 0 Å². The summed E-state index contributed by atoms with van der Waals surface area (Å²) >= 11 is 7.04. The molecule has 0 aliphatic rings. The van der Waals surface area contributed by atoms with Crippen molar-refractivity contribution in [2.45, 2.75) is 6.92 Å². The van der Waals surface area contributed by atoms with E-state index in [-0.39, 0.29) is 0 Å². The van der Waals surface area contributed by atoms with Gasteiger partial charge in [-0.05, 0) is 48.4 Å². The molecule has 0 amide bonds. The maximum absolute atomic E-state index is 11.5. The molecule has 0 spiro atoms. The van der Waals surface area contributed by atoms with Crippen LogP contribution >= 0.6 is 31.9 Å². The van der Waals surface area contributed by atoms with Crippen molar-refractivity contribution in [3.05, 3.63) is 62.8 Å². The largest absolute Gasteiger partial charge is 0.313 e. The zero-order chi connectivity index (χ0) is 14.3. The van der Waals surface area contributed by atoms with Gasteiger partial charge in [-0.2, -0.15) is 0 Å². The van der Waals surface area contributed by atoms with Crippen LogP contribution in [0.5, 0.6) is 0 Å². The van der Waals surface area contributed by atoms with Gasteiger partial charge in [-0.25, -0.2) is 0 Å². The van der Waals surface area contributed by atoms with Crippen LogP contribution in [0.25, 0.3) is 16.6 Å². The minimum absolute atomic E-state index is 0.669. The van der Waals surface area contributed by atoms with Crippen LogP contribution < -0.4 is 0 Å². The lowest BCUT2D eigenvalue weighted by molar-refractivity contribution is 0.111. The number of benzene rings is 1. The molecule has 2 nitrogen and oxygen atoms in total. The Hall–Kier alpha value is -1.39. The van der Waals surface area contributed by atoms with Crippen molar-refractivity contribution in [2.75, 3.05) is 0 Å². The van der Waals surface area contributed by atoms with Crippen molar-refractivity contribution >= 4 is 43.7 Å². The SMILES string of the molecule is Cc1ccc2cc(-c3cc(Br)ccc3Br)c(C=O)n2c1. The third kappa shape index (κ3) is 2.23. The number of aryl methyl sites for hydroxylation is 1. The molecule has 4 heteroatoms. The first-order chi connectivity index (χ1) is 9.60. The number of nitrogens with zero attached hydrogens (tertiary/aromatic N) is 1. The first-order valence-corrected chi connectivity index (χ1v) is 7.71. The maximum atomic E-state index is 11.5. The Morgan fingerprint density at radius 2 is 1.85 bits per heavy atom. The van der Waals surface area contributed by atoms with Gasteiger partial charge in [0.05, 0.1) is 5.69 Å².